The number of hydrogen-bond acceptors (Lipinski definition) is 5. The lowest BCUT2D eigenvalue weighted by atomic mass is 10.0. The number of para-hydroxylation sites is 2. The molecule has 0 radical (unpaired) electrons. The van der Waals surface area contributed by atoms with Gasteiger partial charge in [-0.15, -0.1) is 0 Å². The molecule has 1 unspecified atom stereocenters. The van der Waals surface area contributed by atoms with Gasteiger partial charge in [0.15, 0.2) is 0 Å². The quantitative estimate of drug-likeness (QED) is 0.349. The molecule has 0 saturated heterocycles. The van der Waals surface area contributed by atoms with Crippen molar-refractivity contribution in [2.75, 3.05) is 12.4 Å². The highest BCUT2D eigenvalue weighted by atomic mass is 16.5. The van der Waals surface area contributed by atoms with E-state index < -0.39 is 0 Å². The Morgan fingerprint density at radius 3 is 2.47 bits per heavy atom. The zero-order chi connectivity index (χ0) is 25.1. The Hall–Kier alpha value is -4.32. The molecule has 0 spiro atoms. The zero-order valence-corrected chi connectivity index (χ0v) is 20.7. The van der Waals surface area contributed by atoms with Gasteiger partial charge in [0.05, 0.1) is 24.9 Å². The number of aromatic nitrogens is 1. The summed E-state index contributed by atoms with van der Waals surface area (Å²) in [5, 5.41) is 3.57. The number of carbonyl (C=O) groups is 1. The molecule has 5 rings (SSSR count). The fourth-order valence-corrected chi connectivity index (χ4v) is 4.64. The van der Waals surface area contributed by atoms with Crippen molar-refractivity contribution in [3.05, 3.63) is 119 Å². The Balaban J connectivity index is 1.50. The molecular formula is C30H29N3O3. The molecule has 0 saturated carbocycles. The summed E-state index contributed by atoms with van der Waals surface area (Å²) in [6, 6.07) is 25.4. The van der Waals surface area contributed by atoms with E-state index in [1.54, 1.807) is 13.3 Å². The van der Waals surface area contributed by atoms with Gasteiger partial charge in [-0.05, 0) is 66.9 Å². The largest absolute Gasteiger partial charge is 0.496 e. The SMILES string of the molecule is COc1ccc(C2Nc3ccccc3C(=O)N2Cc2ccccn2)cc1COc1c(C)cccc1C. The number of rotatable bonds is 7. The summed E-state index contributed by atoms with van der Waals surface area (Å²) < 4.78 is 11.9. The first kappa shape index (κ1) is 23.4. The number of benzene rings is 3. The van der Waals surface area contributed by atoms with Gasteiger partial charge in [0.25, 0.3) is 5.91 Å². The van der Waals surface area contributed by atoms with E-state index in [0.29, 0.717) is 18.7 Å². The van der Waals surface area contributed by atoms with Crippen LogP contribution in [0.5, 0.6) is 11.5 Å². The molecule has 2 heterocycles. The first-order valence-electron chi connectivity index (χ1n) is 12.0. The van der Waals surface area contributed by atoms with Crippen LogP contribution in [-0.4, -0.2) is 22.9 Å². The van der Waals surface area contributed by atoms with E-state index in [9.17, 15) is 4.79 Å². The van der Waals surface area contributed by atoms with Crippen LogP contribution in [-0.2, 0) is 13.2 Å². The third kappa shape index (κ3) is 4.62. The predicted molar refractivity (Wildman–Crippen MR) is 140 cm³/mol. The lowest BCUT2D eigenvalue weighted by Crippen LogP contribution is -2.42. The summed E-state index contributed by atoms with van der Waals surface area (Å²) in [7, 11) is 1.66. The predicted octanol–water partition coefficient (Wildman–Crippen LogP) is 6.05. The maximum atomic E-state index is 13.6. The van der Waals surface area contributed by atoms with Crippen molar-refractivity contribution < 1.29 is 14.3 Å². The number of hydrogen-bond donors (Lipinski definition) is 1. The number of nitrogens with one attached hydrogen (secondary N) is 1. The maximum Gasteiger partial charge on any atom is 0.258 e. The van der Waals surface area contributed by atoms with Crippen LogP contribution >= 0.6 is 0 Å². The van der Waals surface area contributed by atoms with E-state index in [2.05, 4.69) is 16.4 Å². The first-order valence-corrected chi connectivity index (χ1v) is 12.0. The van der Waals surface area contributed by atoms with Crippen LogP contribution in [0.1, 0.15) is 44.5 Å². The average molecular weight is 480 g/mol. The van der Waals surface area contributed by atoms with Gasteiger partial charge >= 0.3 is 0 Å². The lowest BCUT2D eigenvalue weighted by Gasteiger charge is -2.38. The topological polar surface area (TPSA) is 63.7 Å². The maximum absolute atomic E-state index is 13.6. The number of pyridine rings is 1. The number of amides is 1. The minimum absolute atomic E-state index is 0.0378. The Bertz CT molecular complexity index is 1370. The second-order valence-corrected chi connectivity index (χ2v) is 8.93. The Kier molecular flexibility index (Phi) is 6.58. The molecule has 3 aromatic carbocycles. The fourth-order valence-electron chi connectivity index (χ4n) is 4.64. The summed E-state index contributed by atoms with van der Waals surface area (Å²) in [4.78, 5) is 19.9. The van der Waals surface area contributed by atoms with Crippen LogP contribution in [0.15, 0.2) is 85.1 Å². The summed E-state index contributed by atoms with van der Waals surface area (Å²) in [5.41, 5.74) is 6.30. The minimum atomic E-state index is -0.376. The van der Waals surface area contributed by atoms with Crippen molar-refractivity contribution in [3.63, 3.8) is 0 Å². The summed E-state index contributed by atoms with van der Waals surface area (Å²) in [6.07, 6.45) is 1.37. The molecule has 6 heteroatoms. The number of nitrogens with zero attached hydrogens (tertiary/aromatic N) is 2. The monoisotopic (exact) mass is 479 g/mol. The molecule has 1 aromatic heterocycles. The standard InChI is InChI=1S/C30H29N3O3/c1-20-9-8-10-21(2)28(20)36-19-23-17-22(14-15-27(23)35-3)29-32-26-13-5-4-12-25(26)30(34)33(29)18-24-11-6-7-16-31-24/h4-17,29,32H,18-19H2,1-3H3. The van der Waals surface area contributed by atoms with Crippen molar-refractivity contribution in [1.82, 2.24) is 9.88 Å². The molecule has 4 aromatic rings. The van der Waals surface area contributed by atoms with Crippen molar-refractivity contribution in [3.8, 4) is 11.5 Å². The van der Waals surface area contributed by atoms with Crippen molar-refractivity contribution in [2.24, 2.45) is 0 Å². The van der Waals surface area contributed by atoms with E-state index in [4.69, 9.17) is 9.47 Å². The number of fused-ring (bicyclic) bond motifs is 1. The fraction of sp³-hybridized carbons (Fsp3) is 0.200. The summed E-state index contributed by atoms with van der Waals surface area (Å²) in [6.45, 7) is 4.81. The zero-order valence-electron chi connectivity index (χ0n) is 20.7. The number of ether oxygens (including phenoxy) is 2. The number of aryl methyl sites for hydroxylation is 2. The van der Waals surface area contributed by atoms with Crippen LogP contribution in [0.3, 0.4) is 0 Å². The van der Waals surface area contributed by atoms with E-state index >= 15 is 0 Å². The van der Waals surface area contributed by atoms with Crippen LogP contribution in [0, 0.1) is 13.8 Å². The van der Waals surface area contributed by atoms with Gasteiger partial charge in [-0.25, -0.2) is 0 Å². The Labute approximate surface area is 211 Å². The number of anilines is 1. The summed E-state index contributed by atoms with van der Waals surface area (Å²) >= 11 is 0. The lowest BCUT2D eigenvalue weighted by molar-refractivity contribution is 0.0663. The van der Waals surface area contributed by atoms with Gasteiger partial charge in [0.2, 0.25) is 0 Å². The van der Waals surface area contributed by atoms with Crippen LogP contribution < -0.4 is 14.8 Å². The molecule has 36 heavy (non-hydrogen) atoms. The molecule has 182 valence electrons. The third-order valence-corrected chi connectivity index (χ3v) is 6.48. The third-order valence-electron chi connectivity index (χ3n) is 6.48. The highest BCUT2D eigenvalue weighted by molar-refractivity contribution is 6.01. The van der Waals surface area contributed by atoms with Gasteiger partial charge in [0, 0.05) is 17.4 Å². The van der Waals surface area contributed by atoms with Crippen molar-refractivity contribution in [1.29, 1.82) is 0 Å². The van der Waals surface area contributed by atoms with Crippen LogP contribution in [0.2, 0.25) is 0 Å². The smallest absolute Gasteiger partial charge is 0.258 e. The second kappa shape index (κ2) is 10.1. The van der Waals surface area contributed by atoms with E-state index in [1.807, 2.05) is 91.5 Å². The highest BCUT2D eigenvalue weighted by Gasteiger charge is 2.33. The van der Waals surface area contributed by atoms with E-state index in [0.717, 1.165) is 45.1 Å². The van der Waals surface area contributed by atoms with E-state index in [1.165, 1.54) is 0 Å². The second-order valence-electron chi connectivity index (χ2n) is 8.93. The molecular weight excluding hydrogens is 450 g/mol. The molecule has 0 bridgehead atoms. The average Bonchev–Trinajstić information content (AvgIpc) is 2.90. The number of methoxy groups -OCH3 is 1. The molecule has 6 nitrogen and oxygen atoms in total. The minimum Gasteiger partial charge on any atom is -0.496 e. The molecule has 0 aliphatic carbocycles. The Morgan fingerprint density at radius 1 is 0.944 bits per heavy atom. The van der Waals surface area contributed by atoms with Crippen molar-refractivity contribution >= 4 is 11.6 Å². The molecule has 1 aliphatic rings. The van der Waals surface area contributed by atoms with Gasteiger partial charge < -0.3 is 19.7 Å². The molecule has 1 aliphatic heterocycles. The van der Waals surface area contributed by atoms with Gasteiger partial charge in [-0.2, -0.15) is 0 Å². The molecule has 1 N–H and O–H groups in total. The highest BCUT2D eigenvalue weighted by Crippen LogP contribution is 2.36. The molecule has 1 atom stereocenters. The van der Waals surface area contributed by atoms with Crippen LogP contribution in [0.25, 0.3) is 0 Å². The van der Waals surface area contributed by atoms with Gasteiger partial charge in [-0.1, -0.05) is 42.5 Å². The molecule has 1 amide bonds. The normalized spacial score (nSPS) is 14.7. The summed E-state index contributed by atoms with van der Waals surface area (Å²) in [5.74, 6) is 1.58. The number of carbonyl (C=O) groups excluding carboxylic acids is 1. The van der Waals surface area contributed by atoms with Crippen LogP contribution in [0.4, 0.5) is 5.69 Å². The molecule has 0 fully saturated rings. The van der Waals surface area contributed by atoms with E-state index in [-0.39, 0.29) is 12.1 Å². The van der Waals surface area contributed by atoms with Gasteiger partial charge in [0.1, 0.15) is 24.3 Å². The van der Waals surface area contributed by atoms with Gasteiger partial charge in [-0.3, -0.25) is 9.78 Å². The Morgan fingerprint density at radius 2 is 1.72 bits per heavy atom. The first-order chi connectivity index (χ1) is 17.5. The van der Waals surface area contributed by atoms with Crippen molar-refractivity contribution in [2.45, 2.75) is 33.2 Å².